The second kappa shape index (κ2) is 5.25. The number of hydrogen-bond acceptors (Lipinski definition) is 3. The van der Waals surface area contributed by atoms with Crippen LogP contribution in [-0.2, 0) is 5.41 Å². The maximum Gasteiger partial charge on any atom is 0.119 e. The minimum absolute atomic E-state index is 0.156. The SMILES string of the molecule is COc1cccc(-c2csc(C3(c4ccccc4)CC3)n2)c1. The van der Waals surface area contributed by atoms with Gasteiger partial charge in [0.15, 0.2) is 0 Å². The lowest BCUT2D eigenvalue weighted by molar-refractivity contribution is 0.415. The summed E-state index contributed by atoms with van der Waals surface area (Å²) in [4.78, 5) is 4.93. The molecular weight excluding hydrogens is 290 g/mol. The van der Waals surface area contributed by atoms with Crippen LogP contribution >= 0.6 is 11.3 Å². The van der Waals surface area contributed by atoms with Gasteiger partial charge in [0.05, 0.1) is 12.8 Å². The Kier molecular flexibility index (Phi) is 3.23. The van der Waals surface area contributed by atoms with Crippen LogP contribution in [0.15, 0.2) is 60.0 Å². The van der Waals surface area contributed by atoms with Crippen LogP contribution in [0.25, 0.3) is 11.3 Å². The van der Waals surface area contributed by atoms with Gasteiger partial charge in [0, 0.05) is 16.4 Å². The quantitative estimate of drug-likeness (QED) is 0.684. The van der Waals surface area contributed by atoms with Crippen molar-refractivity contribution in [3.63, 3.8) is 0 Å². The lowest BCUT2D eigenvalue weighted by atomic mass is 9.97. The van der Waals surface area contributed by atoms with Crippen molar-refractivity contribution in [1.82, 2.24) is 4.98 Å². The Morgan fingerprint density at radius 2 is 1.86 bits per heavy atom. The van der Waals surface area contributed by atoms with E-state index in [1.165, 1.54) is 23.4 Å². The predicted octanol–water partition coefficient (Wildman–Crippen LogP) is 4.90. The molecule has 0 radical (unpaired) electrons. The van der Waals surface area contributed by atoms with Crippen LogP contribution in [0.4, 0.5) is 0 Å². The van der Waals surface area contributed by atoms with Crippen LogP contribution in [0.5, 0.6) is 5.75 Å². The van der Waals surface area contributed by atoms with E-state index in [0.29, 0.717) is 0 Å². The number of hydrogen-bond donors (Lipinski definition) is 0. The Bertz CT molecular complexity index is 790. The lowest BCUT2D eigenvalue weighted by Gasteiger charge is -2.12. The smallest absolute Gasteiger partial charge is 0.119 e. The van der Waals surface area contributed by atoms with Gasteiger partial charge in [-0.05, 0) is 30.5 Å². The van der Waals surface area contributed by atoms with E-state index in [2.05, 4.69) is 41.8 Å². The first-order valence-corrected chi connectivity index (χ1v) is 8.36. The molecule has 0 N–H and O–H groups in total. The molecule has 0 unspecified atom stereocenters. The maximum atomic E-state index is 5.31. The van der Waals surface area contributed by atoms with Crippen LogP contribution in [0.1, 0.15) is 23.4 Å². The zero-order valence-electron chi connectivity index (χ0n) is 12.5. The molecule has 3 aromatic rings. The summed E-state index contributed by atoms with van der Waals surface area (Å²) in [5.41, 5.74) is 3.71. The number of aromatic nitrogens is 1. The highest BCUT2D eigenvalue weighted by atomic mass is 32.1. The standard InChI is InChI=1S/C19H17NOS/c1-21-16-9-5-6-14(12-16)17-13-22-18(20-17)19(10-11-19)15-7-3-2-4-8-15/h2-9,12-13H,10-11H2,1H3. The Labute approximate surface area is 134 Å². The third kappa shape index (κ3) is 2.22. The number of benzene rings is 2. The molecule has 0 spiro atoms. The zero-order valence-corrected chi connectivity index (χ0v) is 13.3. The summed E-state index contributed by atoms with van der Waals surface area (Å²) < 4.78 is 5.31. The highest BCUT2D eigenvalue weighted by molar-refractivity contribution is 7.10. The van der Waals surface area contributed by atoms with E-state index in [4.69, 9.17) is 9.72 Å². The summed E-state index contributed by atoms with van der Waals surface area (Å²) in [5.74, 6) is 0.872. The van der Waals surface area contributed by atoms with E-state index in [1.54, 1.807) is 18.4 Å². The van der Waals surface area contributed by atoms with Gasteiger partial charge in [0.25, 0.3) is 0 Å². The monoisotopic (exact) mass is 307 g/mol. The highest BCUT2D eigenvalue weighted by Crippen LogP contribution is 2.54. The first-order chi connectivity index (χ1) is 10.8. The fourth-order valence-electron chi connectivity index (χ4n) is 2.92. The average molecular weight is 307 g/mol. The van der Waals surface area contributed by atoms with Gasteiger partial charge in [0.1, 0.15) is 10.8 Å². The molecule has 0 bridgehead atoms. The van der Waals surface area contributed by atoms with E-state index < -0.39 is 0 Å². The van der Waals surface area contributed by atoms with E-state index >= 15 is 0 Å². The Hall–Kier alpha value is -2.13. The summed E-state index contributed by atoms with van der Waals surface area (Å²) in [6, 6.07) is 18.9. The van der Waals surface area contributed by atoms with Crippen molar-refractivity contribution in [2.24, 2.45) is 0 Å². The van der Waals surface area contributed by atoms with Crippen LogP contribution < -0.4 is 4.74 Å². The van der Waals surface area contributed by atoms with Gasteiger partial charge < -0.3 is 4.74 Å². The van der Waals surface area contributed by atoms with Gasteiger partial charge in [0.2, 0.25) is 0 Å². The topological polar surface area (TPSA) is 22.1 Å². The predicted molar refractivity (Wildman–Crippen MR) is 90.6 cm³/mol. The normalized spacial score (nSPS) is 15.5. The molecule has 1 saturated carbocycles. The van der Waals surface area contributed by atoms with E-state index in [1.807, 2.05) is 18.2 Å². The third-order valence-electron chi connectivity index (χ3n) is 4.36. The molecule has 0 atom stereocenters. The average Bonchev–Trinajstić information content (AvgIpc) is 3.25. The van der Waals surface area contributed by atoms with Crippen molar-refractivity contribution in [3.8, 4) is 17.0 Å². The van der Waals surface area contributed by atoms with Crippen LogP contribution in [0, 0.1) is 0 Å². The number of ether oxygens (including phenoxy) is 1. The summed E-state index contributed by atoms with van der Waals surface area (Å²) in [7, 11) is 1.69. The molecule has 1 aromatic heterocycles. The molecule has 1 aliphatic rings. The van der Waals surface area contributed by atoms with Crippen molar-refractivity contribution < 1.29 is 4.74 Å². The largest absolute Gasteiger partial charge is 0.497 e. The van der Waals surface area contributed by atoms with Crippen molar-refractivity contribution in [3.05, 3.63) is 70.5 Å². The van der Waals surface area contributed by atoms with Crippen molar-refractivity contribution in [1.29, 1.82) is 0 Å². The molecule has 1 heterocycles. The second-order valence-electron chi connectivity index (χ2n) is 5.72. The first-order valence-electron chi connectivity index (χ1n) is 7.48. The Balaban J connectivity index is 1.70. The van der Waals surface area contributed by atoms with Crippen LogP contribution in [0.2, 0.25) is 0 Å². The molecule has 2 nitrogen and oxygen atoms in total. The van der Waals surface area contributed by atoms with Crippen molar-refractivity contribution >= 4 is 11.3 Å². The molecule has 3 heteroatoms. The molecule has 1 fully saturated rings. The van der Waals surface area contributed by atoms with E-state index in [-0.39, 0.29) is 5.41 Å². The van der Waals surface area contributed by atoms with Gasteiger partial charge in [-0.2, -0.15) is 0 Å². The summed E-state index contributed by atoms with van der Waals surface area (Å²) in [5, 5.41) is 3.39. The molecule has 110 valence electrons. The molecule has 4 rings (SSSR count). The van der Waals surface area contributed by atoms with Gasteiger partial charge in [-0.3, -0.25) is 0 Å². The van der Waals surface area contributed by atoms with Crippen molar-refractivity contribution in [2.45, 2.75) is 18.3 Å². The van der Waals surface area contributed by atoms with Crippen LogP contribution in [-0.4, -0.2) is 12.1 Å². The van der Waals surface area contributed by atoms with Crippen molar-refractivity contribution in [2.75, 3.05) is 7.11 Å². The third-order valence-corrected chi connectivity index (χ3v) is 5.40. The lowest BCUT2D eigenvalue weighted by Crippen LogP contribution is -2.07. The Morgan fingerprint density at radius 3 is 2.59 bits per heavy atom. The summed E-state index contributed by atoms with van der Waals surface area (Å²) in [6.45, 7) is 0. The fourth-order valence-corrected chi connectivity index (χ4v) is 4.03. The van der Waals surface area contributed by atoms with Crippen LogP contribution in [0.3, 0.4) is 0 Å². The second-order valence-corrected chi connectivity index (χ2v) is 6.58. The number of nitrogens with zero attached hydrogens (tertiary/aromatic N) is 1. The molecule has 22 heavy (non-hydrogen) atoms. The minimum Gasteiger partial charge on any atom is -0.497 e. The summed E-state index contributed by atoms with van der Waals surface area (Å²) in [6.07, 6.45) is 2.39. The Morgan fingerprint density at radius 1 is 1.05 bits per heavy atom. The van der Waals surface area contributed by atoms with Gasteiger partial charge >= 0.3 is 0 Å². The van der Waals surface area contributed by atoms with E-state index in [0.717, 1.165) is 17.0 Å². The molecule has 1 aliphatic carbocycles. The number of rotatable bonds is 4. The molecule has 2 aromatic carbocycles. The van der Waals surface area contributed by atoms with Gasteiger partial charge in [-0.25, -0.2) is 4.98 Å². The molecular formula is C19H17NOS. The molecule has 0 amide bonds. The molecule has 0 aliphatic heterocycles. The number of methoxy groups -OCH3 is 1. The maximum absolute atomic E-state index is 5.31. The first kappa shape index (κ1) is 13.5. The van der Waals surface area contributed by atoms with Gasteiger partial charge in [-0.1, -0.05) is 42.5 Å². The highest BCUT2D eigenvalue weighted by Gasteiger charge is 2.48. The number of thiazole rings is 1. The van der Waals surface area contributed by atoms with E-state index in [9.17, 15) is 0 Å². The summed E-state index contributed by atoms with van der Waals surface area (Å²) >= 11 is 1.77. The van der Waals surface area contributed by atoms with Gasteiger partial charge in [-0.15, -0.1) is 11.3 Å². The zero-order chi connectivity index (χ0) is 15.0. The molecule has 0 saturated heterocycles. The minimum atomic E-state index is 0.156. The fraction of sp³-hybridized carbons (Fsp3) is 0.211.